The van der Waals surface area contributed by atoms with Gasteiger partial charge in [-0.1, -0.05) is 18.2 Å². The van der Waals surface area contributed by atoms with Crippen molar-refractivity contribution < 1.29 is 14.3 Å². The maximum atomic E-state index is 12.6. The first-order chi connectivity index (χ1) is 12.6. The van der Waals surface area contributed by atoms with Gasteiger partial charge >= 0.3 is 0 Å². The Hall–Kier alpha value is -2.38. The molecule has 2 aromatic heterocycles. The average Bonchev–Trinajstić information content (AvgIpc) is 3.29. The zero-order chi connectivity index (χ0) is 18.1. The first kappa shape index (κ1) is 17.1. The van der Waals surface area contributed by atoms with Crippen LogP contribution in [0.4, 0.5) is 0 Å². The number of fused-ring (bicyclic) bond motifs is 1. The highest BCUT2D eigenvalue weighted by Gasteiger charge is 2.34. The van der Waals surface area contributed by atoms with Gasteiger partial charge in [-0.3, -0.25) is 4.79 Å². The van der Waals surface area contributed by atoms with Crippen LogP contribution in [-0.4, -0.2) is 23.1 Å². The maximum absolute atomic E-state index is 12.6. The molecule has 1 amide bonds. The number of carbonyl (C=O) groups excluding carboxylic acids is 1. The van der Waals surface area contributed by atoms with Gasteiger partial charge in [0.15, 0.2) is 11.5 Å². The molecule has 0 spiro atoms. The van der Waals surface area contributed by atoms with Crippen molar-refractivity contribution in [2.24, 2.45) is 0 Å². The van der Waals surface area contributed by atoms with E-state index < -0.39 is 6.10 Å². The fourth-order valence-electron chi connectivity index (χ4n) is 2.77. The molecular weight excluding hydrogens is 368 g/mol. The number of rotatable bonds is 4. The highest BCUT2D eigenvalue weighted by atomic mass is 32.1. The van der Waals surface area contributed by atoms with Gasteiger partial charge < -0.3 is 14.8 Å². The lowest BCUT2D eigenvalue weighted by atomic mass is 10.1. The summed E-state index contributed by atoms with van der Waals surface area (Å²) in [6.07, 6.45) is -1.02. The van der Waals surface area contributed by atoms with Gasteiger partial charge in [0.25, 0.3) is 5.91 Å². The van der Waals surface area contributed by atoms with E-state index in [1.165, 1.54) is 0 Å². The van der Waals surface area contributed by atoms with Crippen LogP contribution in [0.3, 0.4) is 0 Å². The molecule has 4 rings (SSSR count). The van der Waals surface area contributed by atoms with Crippen molar-refractivity contribution in [2.75, 3.05) is 0 Å². The fourth-order valence-corrected chi connectivity index (χ4v) is 4.57. The SMILES string of the molecule is Cc1nc(-c2cccs2)sc1CNC(=O)C1Oc2ccccc2OC1C. The summed E-state index contributed by atoms with van der Waals surface area (Å²) in [6, 6.07) is 11.5. The summed E-state index contributed by atoms with van der Waals surface area (Å²) in [5, 5.41) is 5.98. The van der Waals surface area contributed by atoms with Crippen LogP contribution in [0.1, 0.15) is 17.5 Å². The van der Waals surface area contributed by atoms with Crippen molar-refractivity contribution in [1.82, 2.24) is 10.3 Å². The zero-order valence-corrected chi connectivity index (χ0v) is 16.0. The molecule has 26 heavy (non-hydrogen) atoms. The van der Waals surface area contributed by atoms with Crippen molar-refractivity contribution in [2.45, 2.75) is 32.6 Å². The van der Waals surface area contributed by atoms with Crippen molar-refractivity contribution in [3.8, 4) is 21.4 Å². The van der Waals surface area contributed by atoms with E-state index in [1.54, 1.807) is 22.7 Å². The molecule has 7 heteroatoms. The Balaban J connectivity index is 1.43. The van der Waals surface area contributed by atoms with Crippen LogP contribution in [-0.2, 0) is 11.3 Å². The lowest BCUT2D eigenvalue weighted by molar-refractivity contribution is -0.133. The average molecular weight is 386 g/mol. The Bertz CT molecular complexity index is 921. The van der Waals surface area contributed by atoms with Crippen LogP contribution in [0.2, 0.25) is 0 Å². The van der Waals surface area contributed by atoms with E-state index >= 15 is 0 Å². The molecule has 2 atom stereocenters. The Morgan fingerprint density at radius 2 is 1.96 bits per heavy atom. The van der Waals surface area contributed by atoms with Gasteiger partial charge in [0.2, 0.25) is 6.10 Å². The van der Waals surface area contributed by atoms with Crippen LogP contribution in [0.25, 0.3) is 9.88 Å². The monoisotopic (exact) mass is 386 g/mol. The second kappa shape index (κ2) is 7.09. The number of aromatic nitrogens is 1. The number of carbonyl (C=O) groups is 1. The summed E-state index contributed by atoms with van der Waals surface area (Å²) in [5.74, 6) is 1.08. The molecule has 0 saturated heterocycles. The summed E-state index contributed by atoms with van der Waals surface area (Å²) in [4.78, 5) is 19.4. The highest BCUT2D eigenvalue weighted by Crippen LogP contribution is 2.34. The first-order valence-corrected chi connectivity index (χ1v) is 10.0. The zero-order valence-electron chi connectivity index (χ0n) is 14.4. The molecule has 1 aliphatic rings. The van der Waals surface area contributed by atoms with Crippen LogP contribution < -0.4 is 14.8 Å². The summed E-state index contributed by atoms with van der Waals surface area (Å²) < 4.78 is 11.6. The molecule has 1 aromatic carbocycles. The van der Waals surface area contributed by atoms with Gasteiger partial charge in [0.1, 0.15) is 11.1 Å². The second-order valence-corrected chi connectivity index (χ2v) is 8.06. The lowest BCUT2D eigenvalue weighted by Crippen LogP contribution is -2.48. The third-order valence-corrected chi connectivity index (χ3v) is 6.35. The molecule has 0 saturated carbocycles. The van der Waals surface area contributed by atoms with Crippen LogP contribution in [0.15, 0.2) is 41.8 Å². The normalized spacial score (nSPS) is 18.5. The Morgan fingerprint density at radius 3 is 2.69 bits per heavy atom. The van der Waals surface area contributed by atoms with E-state index in [-0.39, 0.29) is 12.0 Å². The number of nitrogens with one attached hydrogen (secondary N) is 1. The molecule has 0 bridgehead atoms. The number of hydrogen-bond acceptors (Lipinski definition) is 6. The fraction of sp³-hybridized carbons (Fsp3) is 0.263. The van der Waals surface area contributed by atoms with Gasteiger partial charge in [-0.15, -0.1) is 22.7 Å². The number of thiophene rings is 1. The summed E-state index contributed by atoms with van der Waals surface area (Å²) in [7, 11) is 0. The van der Waals surface area contributed by atoms with E-state index in [4.69, 9.17) is 9.47 Å². The maximum Gasteiger partial charge on any atom is 0.265 e. The number of aryl methyl sites for hydroxylation is 1. The largest absolute Gasteiger partial charge is 0.482 e. The summed E-state index contributed by atoms with van der Waals surface area (Å²) in [5.41, 5.74) is 0.943. The molecule has 2 unspecified atom stereocenters. The van der Waals surface area contributed by atoms with Gasteiger partial charge in [0.05, 0.1) is 17.1 Å². The molecule has 3 heterocycles. The first-order valence-electron chi connectivity index (χ1n) is 8.32. The molecule has 3 aromatic rings. The Labute approximate surface area is 159 Å². The highest BCUT2D eigenvalue weighted by molar-refractivity contribution is 7.21. The molecule has 1 aliphatic heterocycles. The van der Waals surface area contributed by atoms with E-state index in [0.717, 1.165) is 20.5 Å². The predicted molar refractivity (Wildman–Crippen MR) is 103 cm³/mol. The van der Waals surface area contributed by atoms with Crippen molar-refractivity contribution in [1.29, 1.82) is 0 Å². The number of para-hydroxylation sites is 2. The minimum absolute atomic E-state index is 0.183. The van der Waals surface area contributed by atoms with E-state index in [0.29, 0.717) is 18.0 Å². The molecule has 0 fully saturated rings. The van der Waals surface area contributed by atoms with Crippen molar-refractivity contribution in [3.05, 3.63) is 52.3 Å². The third kappa shape index (κ3) is 3.32. The molecule has 5 nitrogen and oxygen atoms in total. The Morgan fingerprint density at radius 1 is 1.19 bits per heavy atom. The van der Waals surface area contributed by atoms with Gasteiger partial charge in [-0.05, 0) is 37.4 Å². The lowest BCUT2D eigenvalue weighted by Gasteiger charge is -2.30. The standard InChI is InChI=1S/C19H18N2O3S2/c1-11-16(26-19(21-11)15-8-5-9-25-15)10-20-18(22)17-12(2)23-13-6-3-4-7-14(13)24-17/h3-9,12,17H,10H2,1-2H3,(H,20,22). The van der Waals surface area contributed by atoms with Crippen LogP contribution in [0, 0.1) is 6.92 Å². The third-order valence-electron chi connectivity index (χ3n) is 4.15. The molecule has 0 aliphatic carbocycles. The minimum Gasteiger partial charge on any atom is -0.482 e. The number of ether oxygens (including phenoxy) is 2. The van der Waals surface area contributed by atoms with Crippen molar-refractivity contribution >= 4 is 28.6 Å². The minimum atomic E-state index is -0.671. The Kier molecular flexibility index (Phi) is 4.65. The van der Waals surface area contributed by atoms with Gasteiger partial charge in [-0.2, -0.15) is 0 Å². The van der Waals surface area contributed by atoms with Gasteiger partial charge in [-0.25, -0.2) is 4.98 Å². The number of amides is 1. The smallest absolute Gasteiger partial charge is 0.265 e. The van der Waals surface area contributed by atoms with Crippen LogP contribution >= 0.6 is 22.7 Å². The molecule has 134 valence electrons. The second-order valence-electron chi connectivity index (χ2n) is 6.03. The topological polar surface area (TPSA) is 60.5 Å². The summed E-state index contributed by atoms with van der Waals surface area (Å²) >= 11 is 3.27. The van der Waals surface area contributed by atoms with Crippen molar-refractivity contribution in [3.63, 3.8) is 0 Å². The van der Waals surface area contributed by atoms with Crippen LogP contribution in [0.5, 0.6) is 11.5 Å². The number of nitrogens with zero attached hydrogens (tertiary/aromatic N) is 1. The van der Waals surface area contributed by atoms with E-state index in [9.17, 15) is 4.79 Å². The summed E-state index contributed by atoms with van der Waals surface area (Å²) in [6.45, 7) is 4.24. The quantitative estimate of drug-likeness (QED) is 0.736. The number of thiazole rings is 1. The molecule has 1 N–H and O–H groups in total. The molecular formula is C19H18N2O3S2. The molecule has 0 radical (unpaired) electrons. The predicted octanol–water partition coefficient (Wildman–Crippen LogP) is 4.02. The van der Waals surface area contributed by atoms with E-state index in [1.807, 2.05) is 49.6 Å². The van der Waals surface area contributed by atoms with Gasteiger partial charge in [0, 0.05) is 4.88 Å². The van der Waals surface area contributed by atoms with E-state index in [2.05, 4.69) is 16.4 Å². The number of benzene rings is 1. The number of hydrogen-bond donors (Lipinski definition) is 1.